The number of allylic oxidation sites excluding steroid dienone is 1. The van der Waals surface area contributed by atoms with Gasteiger partial charge in [-0.2, -0.15) is 0 Å². The molecule has 0 unspecified atom stereocenters. The summed E-state index contributed by atoms with van der Waals surface area (Å²) in [5, 5.41) is 0. The van der Waals surface area contributed by atoms with Crippen molar-refractivity contribution in [2.45, 2.75) is 91.5 Å². The molecule has 2 heteroatoms. The molecule has 148 valence electrons. The first-order valence-electron chi connectivity index (χ1n) is 11.6. The molecule has 26 heavy (non-hydrogen) atoms. The second-order valence-electron chi connectivity index (χ2n) is 9.58. The van der Waals surface area contributed by atoms with E-state index in [1.165, 1.54) is 84.0 Å². The van der Waals surface area contributed by atoms with Crippen molar-refractivity contribution in [2.75, 3.05) is 26.2 Å². The predicted molar refractivity (Wildman–Crippen MR) is 113 cm³/mol. The zero-order valence-corrected chi connectivity index (χ0v) is 18.0. The molecule has 3 aliphatic heterocycles. The monoisotopic (exact) mass is 359 g/mol. The third-order valence-electron chi connectivity index (χ3n) is 7.44. The third kappa shape index (κ3) is 4.11. The topological polar surface area (TPSA) is 6.25 Å². The molecule has 0 saturated carbocycles. The summed E-state index contributed by atoms with van der Waals surface area (Å²) in [5.74, 6) is 1.56. The quantitative estimate of drug-likeness (QED) is 0.283. The second kappa shape index (κ2) is 9.04. The van der Waals surface area contributed by atoms with Crippen LogP contribution in [0.5, 0.6) is 0 Å². The SMILES string of the molecule is CCCCCCN1CC[C@H]2[C@H]3C=C(C)[C@H]([N+](CCCCCC)=C3)[C@@]2(C)C1. The highest BCUT2D eigenvalue weighted by molar-refractivity contribution is 5.63. The van der Waals surface area contributed by atoms with Crippen LogP contribution in [0.3, 0.4) is 0 Å². The van der Waals surface area contributed by atoms with E-state index in [4.69, 9.17) is 0 Å². The Morgan fingerprint density at radius 1 is 1.08 bits per heavy atom. The molecule has 1 saturated heterocycles. The standard InChI is InChI=1S/C24H43N2/c1-5-7-9-11-14-25-16-13-22-21-17-20(3)23(24(22,4)19-25)26(18-21)15-12-10-8-6-2/h17-18,21-23H,5-16,19H2,1-4H3/q+1/t21-,22-,23-,24-/m0/s1. The Morgan fingerprint density at radius 2 is 1.81 bits per heavy atom. The number of unbranched alkanes of at least 4 members (excludes halogenated alkanes) is 6. The van der Waals surface area contributed by atoms with Gasteiger partial charge in [0.1, 0.15) is 12.8 Å². The summed E-state index contributed by atoms with van der Waals surface area (Å²) >= 11 is 0. The van der Waals surface area contributed by atoms with Crippen molar-refractivity contribution < 1.29 is 4.58 Å². The van der Waals surface area contributed by atoms with Crippen molar-refractivity contribution in [3.8, 4) is 0 Å². The summed E-state index contributed by atoms with van der Waals surface area (Å²) in [6.45, 7) is 14.9. The first-order valence-corrected chi connectivity index (χ1v) is 11.6. The van der Waals surface area contributed by atoms with Crippen molar-refractivity contribution in [3.63, 3.8) is 0 Å². The van der Waals surface area contributed by atoms with Gasteiger partial charge in [0.05, 0.1) is 5.92 Å². The van der Waals surface area contributed by atoms with Gasteiger partial charge in [0, 0.05) is 18.4 Å². The van der Waals surface area contributed by atoms with Crippen molar-refractivity contribution in [1.29, 1.82) is 0 Å². The Labute approximate surface area is 162 Å². The van der Waals surface area contributed by atoms with E-state index in [0.29, 0.717) is 17.4 Å². The van der Waals surface area contributed by atoms with Crippen LogP contribution in [-0.4, -0.2) is 47.9 Å². The van der Waals surface area contributed by atoms with Gasteiger partial charge in [-0.3, -0.25) is 0 Å². The van der Waals surface area contributed by atoms with Gasteiger partial charge in [-0.25, -0.2) is 4.58 Å². The fourth-order valence-electron chi connectivity index (χ4n) is 6.25. The molecule has 0 radical (unpaired) electrons. The van der Waals surface area contributed by atoms with Crippen LogP contribution in [-0.2, 0) is 0 Å². The van der Waals surface area contributed by atoms with Gasteiger partial charge >= 0.3 is 0 Å². The van der Waals surface area contributed by atoms with Crippen LogP contribution >= 0.6 is 0 Å². The van der Waals surface area contributed by atoms with Crippen molar-refractivity contribution in [1.82, 2.24) is 4.90 Å². The lowest BCUT2D eigenvalue weighted by Gasteiger charge is -2.54. The van der Waals surface area contributed by atoms with E-state index in [1.807, 2.05) is 0 Å². The minimum atomic E-state index is 0.450. The molecule has 1 aliphatic carbocycles. The van der Waals surface area contributed by atoms with Crippen LogP contribution in [0.4, 0.5) is 0 Å². The van der Waals surface area contributed by atoms with Crippen molar-refractivity contribution >= 4 is 6.21 Å². The first kappa shape index (κ1) is 20.1. The Hall–Kier alpha value is -0.630. The summed E-state index contributed by atoms with van der Waals surface area (Å²) in [4.78, 5) is 2.80. The molecule has 2 bridgehead atoms. The minimum absolute atomic E-state index is 0.450. The number of nitrogens with zero attached hydrogens (tertiary/aromatic N) is 2. The number of likely N-dealkylation sites (tertiary alicyclic amines) is 1. The van der Waals surface area contributed by atoms with Gasteiger partial charge in [0.2, 0.25) is 0 Å². The zero-order valence-electron chi connectivity index (χ0n) is 18.0. The lowest BCUT2D eigenvalue weighted by Crippen LogP contribution is -2.63. The highest BCUT2D eigenvalue weighted by atomic mass is 15.2. The minimum Gasteiger partial charge on any atom is -0.302 e. The van der Waals surface area contributed by atoms with E-state index in [1.54, 1.807) is 5.57 Å². The molecule has 0 aromatic carbocycles. The van der Waals surface area contributed by atoms with Crippen LogP contribution < -0.4 is 0 Å². The average molecular weight is 360 g/mol. The van der Waals surface area contributed by atoms with E-state index < -0.39 is 0 Å². The maximum Gasteiger partial charge on any atom is 0.180 e. The fourth-order valence-corrected chi connectivity index (χ4v) is 6.25. The summed E-state index contributed by atoms with van der Waals surface area (Å²) in [7, 11) is 0. The summed E-state index contributed by atoms with van der Waals surface area (Å²) in [5.41, 5.74) is 2.10. The van der Waals surface area contributed by atoms with Gasteiger partial charge < -0.3 is 4.90 Å². The fraction of sp³-hybridized carbons (Fsp3) is 0.875. The maximum absolute atomic E-state index is 2.80. The molecular weight excluding hydrogens is 316 g/mol. The zero-order chi connectivity index (χ0) is 18.6. The molecule has 0 aromatic rings. The van der Waals surface area contributed by atoms with Crippen LogP contribution in [0.25, 0.3) is 0 Å². The predicted octanol–water partition coefficient (Wildman–Crippen LogP) is 5.52. The van der Waals surface area contributed by atoms with E-state index in [9.17, 15) is 0 Å². The first-order chi connectivity index (χ1) is 12.6. The molecule has 0 N–H and O–H groups in total. The van der Waals surface area contributed by atoms with Crippen LogP contribution in [0, 0.1) is 17.3 Å². The summed E-state index contributed by atoms with van der Waals surface area (Å²) < 4.78 is 2.76. The number of piperidine rings is 1. The molecule has 0 spiro atoms. The Kier molecular flexibility index (Phi) is 6.99. The smallest absolute Gasteiger partial charge is 0.180 e. The number of hydrogen-bond donors (Lipinski definition) is 0. The van der Waals surface area contributed by atoms with Gasteiger partial charge in [-0.1, -0.05) is 59.0 Å². The molecule has 2 nitrogen and oxygen atoms in total. The lowest BCUT2D eigenvalue weighted by atomic mass is 9.56. The number of rotatable bonds is 10. The second-order valence-corrected chi connectivity index (χ2v) is 9.58. The van der Waals surface area contributed by atoms with E-state index in [0.717, 1.165) is 5.92 Å². The van der Waals surface area contributed by atoms with Crippen molar-refractivity contribution in [3.05, 3.63) is 11.6 Å². The highest BCUT2D eigenvalue weighted by Gasteiger charge is 2.58. The normalized spacial score (nSPS) is 33.8. The summed E-state index contributed by atoms with van der Waals surface area (Å²) in [6, 6.07) is 0.651. The lowest BCUT2D eigenvalue weighted by molar-refractivity contribution is -0.584. The Morgan fingerprint density at radius 3 is 2.54 bits per heavy atom. The van der Waals surface area contributed by atoms with Gasteiger partial charge in [-0.05, 0) is 50.8 Å². The highest BCUT2D eigenvalue weighted by Crippen LogP contribution is 2.51. The van der Waals surface area contributed by atoms with E-state index in [2.05, 4.69) is 49.5 Å². The Balaban J connectivity index is 1.65. The third-order valence-corrected chi connectivity index (χ3v) is 7.44. The Bertz CT molecular complexity index is 520. The molecular formula is C24H43N2+. The van der Waals surface area contributed by atoms with Crippen LogP contribution in [0.1, 0.15) is 85.5 Å². The number of hydrogen-bond acceptors (Lipinski definition) is 1. The van der Waals surface area contributed by atoms with Crippen LogP contribution in [0.15, 0.2) is 11.6 Å². The van der Waals surface area contributed by atoms with Gasteiger partial charge in [-0.15, -0.1) is 0 Å². The average Bonchev–Trinajstić information content (AvgIpc) is 2.61. The molecule has 3 heterocycles. The van der Waals surface area contributed by atoms with E-state index in [-0.39, 0.29) is 0 Å². The molecule has 4 aliphatic rings. The largest absolute Gasteiger partial charge is 0.302 e. The molecule has 4 atom stereocenters. The van der Waals surface area contributed by atoms with Gasteiger partial charge in [0.15, 0.2) is 6.04 Å². The molecule has 1 fully saturated rings. The van der Waals surface area contributed by atoms with E-state index >= 15 is 0 Å². The molecule has 0 aromatic heterocycles. The van der Waals surface area contributed by atoms with Crippen molar-refractivity contribution in [2.24, 2.45) is 17.3 Å². The summed E-state index contributed by atoms with van der Waals surface area (Å²) in [6.07, 6.45) is 17.7. The molecule has 0 amide bonds. The van der Waals surface area contributed by atoms with Crippen LogP contribution in [0.2, 0.25) is 0 Å². The van der Waals surface area contributed by atoms with Gasteiger partial charge in [0.25, 0.3) is 0 Å². The maximum atomic E-state index is 2.80. The molecule has 4 rings (SSSR count).